The molecule has 1 N–H and O–H groups in total. The number of methoxy groups -OCH3 is 1. The average molecular weight is 339 g/mol. The van der Waals surface area contributed by atoms with Gasteiger partial charge in [-0.3, -0.25) is 4.79 Å². The lowest BCUT2D eigenvalue weighted by atomic mass is 9.75. The number of ether oxygens (including phenoxy) is 1. The highest BCUT2D eigenvalue weighted by Crippen LogP contribution is 2.42. The fourth-order valence-corrected chi connectivity index (χ4v) is 3.77. The summed E-state index contributed by atoms with van der Waals surface area (Å²) in [7, 11) is 1.38. The van der Waals surface area contributed by atoms with E-state index in [1.54, 1.807) is 0 Å². The summed E-state index contributed by atoms with van der Waals surface area (Å²) in [6.07, 6.45) is 2.23. The third kappa shape index (κ3) is 3.13. The lowest BCUT2D eigenvalue weighted by Crippen LogP contribution is -2.34. The summed E-state index contributed by atoms with van der Waals surface area (Å²) in [6.45, 7) is 6.17. The van der Waals surface area contributed by atoms with Crippen LogP contribution in [0.2, 0.25) is 0 Å². The molecule has 4 heteroatoms. The zero-order valence-corrected chi connectivity index (χ0v) is 15.3. The molecule has 0 saturated carbocycles. The van der Waals surface area contributed by atoms with Gasteiger partial charge < -0.3 is 10.1 Å². The summed E-state index contributed by atoms with van der Waals surface area (Å²) in [6, 6.07) is 8.24. The van der Waals surface area contributed by atoms with Crippen molar-refractivity contribution in [1.82, 2.24) is 5.32 Å². The minimum absolute atomic E-state index is 0.126. The highest BCUT2D eigenvalue weighted by Gasteiger charge is 2.38. The highest BCUT2D eigenvalue weighted by molar-refractivity contribution is 6.03. The van der Waals surface area contributed by atoms with Crippen molar-refractivity contribution in [3.05, 3.63) is 57.9 Å². The molecule has 0 bridgehead atoms. The Bertz CT molecular complexity index is 769. The number of carbonyl (C=O) groups excluding carboxylic acids is 2. The van der Waals surface area contributed by atoms with Crippen molar-refractivity contribution >= 4 is 11.8 Å². The van der Waals surface area contributed by atoms with Gasteiger partial charge >= 0.3 is 5.97 Å². The van der Waals surface area contributed by atoms with Crippen LogP contribution in [0.5, 0.6) is 0 Å². The van der Waals surface area contributed by atoms with E-state index in [4.69, 9.17) is 4.74 Å². The lowest BCUT2D eigenvalue weighted by Gasteiger charge is -2.34. The summed E-state index contributed by atoms with van der Waals surface area (Å²) >= 11 is 0. The van der Waals surface area contributed by atoms with Crippen LogP contribution in [0.1, 0.15) is 63.0 Å². The predicted octanol–water partition coefficient (Wildman–Crippen LogP) is 3.95. The zero-order valence-electron chi connectivity index (χ0n) is 15.3. The first-order chi connectivity index (χ1) is 11.9. The largest absolute Gasteiger partial charge is 0.466 e. The normalized spacial score (nSPS) is 20.5. The molecular formula is C21H25NO3. The summed E-state index contributed by atoms with van der Waals surface area (Å²) in [4.78, 5) is 25.1. The van der Waals surface area contributed by atoms with E-state index in [-0.39, 0.29) is 17.7 Å². The van der Waals surface area contributed by atoms with Crippen LogP contribution in [0.25, 0.3) is 0 Å². The van der Waals surface area contributed by atoms with Gasteiger partial charge in [-0.15, -0.1) is 0 Å². The quantitative estimate of drug-likeness (QED) is 0.847. The lowest BCUT2D eigenvalue weighted by molar-refractivity contribution is -0.136. The van der Waals surface area contributed by atoms with Crippen molar-refractivity contribution < 1.29 is 14.3 Å². The van der Waals surface area contributed by atoms with Gasteiger partial charge in [-0.1, -0.05) is 38.1 Å². The molecule has 0 amide bonds. The molecule has 1 heterocycles. The monoisotopic (exact) mass is 339 g/mol. The minimum Gasteiger partial charge on any atom is -0.466 e. The average Bonchev–Trinajstić information content (AvgIpc) is 2.60. The van der Waals surface area contributed by atoms with Crippen LogP contribution >= 0.6 is 0 Å². The first-order valence-electron chi connectivity index (χ1n) is 8.86. The molecule has 4 nitrogen and oxygen atoms in total. The van der Waals surface area contributed by atoms with Crippen LogP contribution < -0.4 is 5.32 Å². The van der Waals surface area contributed by atoms with Gasteiger partial charge in [0.15, 0.2) is 5.78 Å². The van der Waals surface area contributed by atoms with Gasteiger partial charge in [0.2, 0.25) is 0 Å². The Kier molecular flexibility index (Phi) is 4.80. The number of ketones is 1. The van der Waals surface area contributed by atoms with Crippen molar-refractivity contribution in [3.63, 3.8) is 0 Å². The number of benzene rings is 1. The highest BCUT2D eigenvalue weighted by atomic mass is 16.5. The second-order valence-corrected chi connectivity index (χ2v) is 7.08. The topological polar surface area (TPSA) is 55.4 Å². The molecule has 3 rings (SSSR count). The van der Waals surface area contributed by atoms with Crippen LogP contribution in [-0.4, -0.2) is 18.9 Å². The van der Waals surface area contributed by atoms with Gasteiger partial charge in [0.05, 0.1) is 12.7 Å². The number of dihydropyridines is 1. The summed E-state index contributed by atoms with van der Waals surface area (Å²) in [5, 5.41) is 3.28. The van der Waals surface area contributed by atoms with E-state index < -0.39 is 0 Å². The van der Waals surface area contributed by atoms with Gasteiger partial charge in [0, 0.05) is 29.3 Å². The molecule has 1 atom stereocenters. The smallest absolute Gasteiger partial charge is 0.336 e. The van der Waals surface area contributed by atoms with Gasteiger partial charge in [0.25, 0.3) is 0 Å². The molecule has 0 saturated heterocycles. The first-order valence-corrected chi connectivity index (χ1v) is 8.86. The molecule has 0 spiro atoms. The second kappa shape index (κ2) is 6.87. The van der Waals surface area contributed by atoms with Crippen LogP contribution in [0.4, 0.5) is 0 Å². The van der Waals surface area contributed by atoms with Crippen LogP contribution in [0.15, 0.2) is 46.8 Å². The number of Topliss-reactive ketones (excluding diaryl/α,β-unsaturated/α-hetero) is 1. The molecule has 1 unspecified atom stereocenters. The molecule has 2 aliphatic rings. The van der Waals surface area contributed by atoms with Crippen molar-refractivity contribution in [2.24, 2.45) is 0 Å². The van der Waals surface area contributed by atoms with Crippen LogP contribution in [0, 0.1) is 0 Å². The first kappa shape index (κ1) is 17.5. The predicted molar refractivity (Wildman–Crippen MR) is 97.0 cm³/mol. The van der Waals surface area contributed by atoms with Crippen molar-refractivity contribution in [1.29, 1.82) is 0 Å². The Morgan fingerprint density at radius 3 is 2.48 bits per heavy atom. The van der Waals surface area contributed by atoms with Gasteiger partial charge in [-0.25, -0.2) is 4.79 Å². The number of hydrogen-bond acceptors (Lipinski definition) is 4. The SMILES string of the molecule is COC(=O)C1=C(C)NC2=C(C(=O)CCC2)C1c1ccc(C(C)C)cc1. The number of rotatable bonds is 3. The van der Waals surface area contributed by atoms with E-state index in [2.05, 4.69) is 31.3 Å². The molecule has 0 aromatic heterocycles. The number of hydrogen-bond donors (Lipinski definition) is 1. The fourth-order valence-electron chi connectivity index (χ4n) is 3.77. The van der Waals surface area contributed by atoms with E-state index in [9.17, 15) is 9.59 Å². The van der Waals surface area contributed by atoms with E-state index in [1.165, 1.54) is 12.7 Å². The van der Waals surface area contributed by atoms with Gasteiger partial charge in [0.1, 0.15) is 0 Å². The maximum absolute atomic E-state index is 12.7. The van der Waals surface area contributed by atoms with Crippen molar-refractivity contribution in [3.8, 4) is 0 Å². The van der Waals surface area contributed by atoms with Gasteiger partial charge in [-0.2, -0.15) is 0 Å². The number of nitrogens with one attached hydrogen (secondary N) is 1. The molecule has 1 aromatic rings. The van der Waals surface area contributed by atoms with E-state index >= 15 is 0 Å². The number of esters is 1. The van der Waals surface area contributed by atoms with Crippen LogP contribution in [0.3, 0.4) is 0 Å². The number of allylic oxidation sites excluding steroid dienone is 3. The molecule has 1 aromatic carbocycles. The number of carbonyl (C=O) groups is 2. The summed E-state index contributed by atoms with van der Waals surface area (Å²) in [5.41, 5.74) is 5.21. The summed E-state index contributed by atoms with van der Waals surface area (Å²) < 4.78 is 5.02. The molecule has 1 aliphatic carbocycles. The molecule has 132 valence electrons. The fraction of sp³-hybridized carbons (Fsp3) is 0.429. The molecular weight excluding hydrogens is 314 g/mol. The Hall–Kier alpha value is -2.36. The third-order valence-corrected chi connectivity index (χ3v) is 5.12. The third-order valence-electron chi connectivity index (χ3n) is 5.12. The Morgan fingerprint density at radius 1 is 1.20 bits per heavy atom. The zero-order chi connectivity index (χ0) is 18.1. The standard InChI is InChI=1S/C21H25NO3/c1-12(2)14-8-10-15(11-9-14)19-18(21(24)25-4)13(3)22-16-6-5-7-17(23)20(16)19/h8-12,19,22H,5-7H2,1-4H3. The maximum Gasteiger partial charge on any atom is 0.336 e. The molecule has 25 heavy (non-hydrogen) atoms. The molecule has 0 fully saturated rings. The molecule has 0 radical (unpaired) electrons. The maximum atomic E-state index is 12.7. The Morgan fingerprint density at radius 2 is 1.88 bits per heavy atom. The van der Waals surface area contributed by atoms with Crippen molar-refractivity contribution in [2.75, 3.05) is 7.11 Å². The van der Waals surface area contributed by atoms with Gasteiger partial charge in [-0.05, 0) is 36.8 Å². The van der Waals surface area contributed by atoms with E-state index in [0.717, 1.165) is 35.4 Å². The van der Waals surface area contributed by atoms with E-state index in [0.29, 0.717) is 17.9 Å². The minimum atomic E-state index is -0.382. The summed E-state index contributed by atoms with van der Waals surface area (Å²) in [5.74, 6) is -0.170. The van der Waals surface area contributed by atoms with E-state index in [1.807, 2.05) is 19.1 Å². The van der Waals surface area contributed by atoms with Crippen LogP contribution in [-0.2, 0) is 14.3 Å². The Labute approximate surface area is 149 Å². The molecule has 1 aliphatic heterocycles. The Balaban J connectivity index is 2.14. The van der Waals surface area contributed by atoms with Crippen molar-refractivity contribution in [2.45, 2.75) is 51.9 Å². The second-order valence-electron chi connectivity index (χ2n) is 7.08.